The lowest BCUT2D eigenvalue weighted by molar-refractivity contribution is -0.137. The molecule has 1 unspecified atom stereocenters. The molecule has 0 amide bonds. The summed E-state index contributed by atoms with van der Waals surface area (Å²) < 4.78 is 0. The van der Waals surface area contributed by atoms with Crippen molar-refractivity contribution >= 4 is 40.3 Å². The van der Waals surface area contributed by atoms with Crippen LogP contribution in [-0.2, 0) is 11.2 Å². The summed E-state index contributed by atoms with van der Waals surface area (Å²) in [4.78, 5) is 27.7. The van der Waals surface area contributed by atoms with Crippen LogP contribution >= 0.6 is 11.6 Å². The molecule has 1 aromatic heterocycles. The largest absolute Gasteiger partial charge is 0.480 e. The Bertz CT molecular complexity index is 1040. The number of nitrogens with zero attached hydrogens (tertiary/aromatic N) is 1. The summed E-state index contributed by atoms with van der Waals surface area (Å²) in [6, 6.07) is 12.8. The number of hydrogen-bond donors (Lipinski definition) is 3. The maximum absolute atomic E-state index is 11.7. The third kappa shape index (κ3) is 4.35. The van der Waals surface area contributed by atoms with E-state index < -0.39 is 18.0 Å². The van der Waals surface area contributed by atoms with Crippen LogP contribution in [0.25, 0.3) is 10.9 Å². The highest BCUT2D eigenvalue weighted by atomic mass is 35.5. The lowest BCUT2D eigenvalue weighted by atomic mass is 10.0. The van der Waals surface area contributed by atoms with Gasteiger partial charge in [-0.25, -0.2) is 14.6 Å². The van der Waals surface area contributed by atoms with Gasteiger partial charge in [-0.2, -0.15) is 0 Å². The van der Waals surface area contributed by atoms with Gasteiger partial charge in [-0.05, 0) is 36.8 Å². The first-order valence-corrected chi connectivity index (χ1v) is 8.60. The zero-order chi connectivity index (χ0) is 19.6. The number of aryl methyl sites for hydroxylation is 1. The summed E-state index contributed by atoms with van der Waals surface area (Å²) in [6.07, 6.45) is 0.191. The smallest absolute Gasteiger partial charge is 0.339 e. The van der Waals surface area contributed by atoms with Crippen LogP contribution in [-0.4, -0.2) is 33.2 Å². The fourth-order valence-corrected chi connectivity index (χ4v) is 3.04. The van der Waals surface area contributed by atoms with Crippen LogP contribution in [0.4, 0.5) is 5.82 Å². The van der Waals surface area contributed by atoms with Crippen LogP contribution in [0.3, 0.4) is 0 Å². The standard InChI is InChI=1S/C20H17ClN2O4/c1-11-3-2-4-12(7-11)8-17(20(26)27)23-18-15(19(24)25)10-13-9-14(21)5-6-16(13)22-18/h2-7,9-10,17H,8H2,1H3,(H,22,23)(H,24,25)(H,26,27). The molecule has 0 saturated carbocycles. The SMILES string of the molecule is Cc1cccc(CC(Nc2nc3ccc(Cl)cc3cc2C(=O)O)C(=O)O)c1. The van der Waals surface area contributed by atoms with Gasteiger partial charge >= 0.3 is 11.9 Å². The highest BCUT2D eigenvalue weighted by Crippen LogP contribution is 2.24. The molecular formula is C20H17ClN2O4. The van der Waals surface area contributed by atoms with Crippen LogP contribution in [0.5, 0.6) is 0 Å². The average Bonchev–Trinajstić information content (AvgIpc) is 2.60. The van der Waals surface area contributed by atoms with Gasteiger partial charge < -0.3 is 15.5 Å². The number of carboxylic acids is 2. The van der Waals surface area contributed by atoms with E-state index in [1.165, 1.54) is 6.07 Å². The van der Waals surface area contributed by atoms with E-state index >= 15 is 0 Å². The molecule has 0 aliphatic carbocycles. The number of aromatic nitrogens is 1. The Hall–Kier alpha value is -3.12. The molecule has 0 aliphatic rings. The van der Waals surface area contributed by atoms with Crippen molar-refractivity contribution in [2.75, 3.05) is 5.32 Å². The number of hydrogen-bond acceptors (Lipinski definition) is 4. The Morgan fingerprint density at radius 2 is 1.93 bits per heavy atom. The predicted molar refractivity (Wildman–Crippen MR) is 104 cm³/mol. The summed E-state index contributed by atoms with van der Waals surface area (Å²) >= 11 is 5.95. The van der Waals surface area contributed by atoms with E-state index in [4.69, 9.17) is 11.6 Å². The normalized spacial score (nSPS) is 11.9. The minimum atomic E-state index is -1.20. The van der Waals surface area contributed by atoms with Gasteiger partial charge in [-0.15, -0.1) is 0 Å². The van der Waals surface area contributed by atoms with Crippen molar-refractivity contribution < 1.29 is 19.8 Å². The molecule has 7 heteroatoms. The zero-order valence-corrected chi connectivity index (χ0v) is 15.2. The van der Waals surface area contributed by atoms with Crippen molar-refractivity contribution in [3.05, 3.63) is 70.2 Å². The Morgan fingerprint density at radius 3 is 2.59 bits per heavy atom. The fraction of sp³-hybridized carbons (Fsp3) is 0.150. The van der Waals surface area contributed by atoms with Gasteiger partial charge in [0.15, 0.2) is 0 Å². The molecule has 0 fully saturated rings. The van der Waals surface area contributed by atoms with Crippen molar-refractivity contribution in [2.24, 2.45) is 0 Å². The molecule has 138 valence electrons. The van der Waals surface area contributed by atoms with Crippen LogP contribution in [0.15, 0.2) is 48.5 Å². The number of halogens is 1. The molecule has 1 heterocycles. The first-order valence-electron chi connectivity index (χ1n) is 8.22. The highest BCUT2D eigenvalue weighted by molar-refractivity contribution is 6.31. The van der Waals surface area contributed by atoms with Crippen LogP contribution in [0.1, 0.15) is 21.5 Å². The van der Waals surface area contributed by atoms with E-state index in [-0.39, 0.29) is 17.8 Å². The summed E-state index contributed by atoms with van der Waals surface area (Å²) in [5.74, 6) is -2.28. The number of carboxylic acid groups (broad SMARTS) is 2. The number of anilines is 1. The molecule has 6 nitrogen and oxygen atoms in total. The predicted octanol–water partition coefficient (Wildman–Crippen LogP) is 4.00. The van der Waals surface area contributed by atoms with Gasteiger partial charge in [0.2, 0.25) is 0 Å². The Kier molecular flexibility index (Phi) is 5.28. The molecule has 3 rings (SSSR count). The lowest BCUT2D eigenvalue weighted by Gasteiger charge is -2.17. The minimum Gasteiger partial charge on any atom is -0.480 e. The third-order valence-corrected chi connectivity index (χ3v) is 4.37. The topological polar surface area (TPSA) is 99.5 Å². The second-order valence-corrected chi connectivity index (χ2v) is 6.69. The number of aliphatic carboxylic acids is 1. The van der Waals surface area contributed by atoms with Crippen molar-refractivity contribution in [1.82, 2.24) is 4.98 Å². The first-order chi connectivity index (χ1) is 12.8. The maximum atomic E-state index is 11.7. The van der Waals surface area contributed by atoms with Gasteiger partial charge in [-0.3, -0.25) is 0 Å². The molecule has 0 aliphatic heterocycles. The van der Waals surface area contributed by atoms with Gasteiger partial charge in [0.1, 0.15) is 17.4 Å². The molecule has 0 saturated heterocycles. The molecule has 3 N–H and O–H groups in total. The highest BCUT2D eigenvalue weighted by Gasteiger charge is 2.22. The van der Waals surface area contributed by atoms with E-state index in [9.17, 15) is 19.8 Å². The maximum Gasteiger partial charge on any atom is 0.339 e. The van der Waals surface area contributed by atoms with Gasteiger partial charge in [0.05, 0.1) is 5.52 Å². The lowest BCUT2D eigenvalue weighted by Crippen LogP contribution is -2.32. The zero-order valence-electron chi connectivity index (χ0n) is 14.4. The molecule has 27 heavy (non-hydrogen) atoms. The Labute approximate surface area is 160 Å². The number of rotatable bonds is 6. The van der Waals surface area contributed by atoms with E-state index in [1.54, 1.807) is 18.2 Å². The van der Waals surface area contributed by atoms with Crippen molar-refractivity contribution in [3.63, 3.8) is 0 Å². The average molecular weight is 385 g/mol. The van der Waals surface area contributed by atoms with Gasteiger partial charge in [0.25, 0.3) is 0 Å². The molecule has 1 atom stereocenters. The molecule has 0 radical (unpaired) electrons. The van der Waals surface area contributed by atoms with Gasteiger partial charge in [0, 0.05) is 16.8 Å². The van der Waals surface area contributed by atoms with Crippen LogP contribution in [0, 0.1) is 6.92 Å². The van der Waals surface area contributed by atoms with Crippen LogP contribution < -0.4 is 5.32 Å². The van der Waals surface area contributed by atoms with E-state index in [2.05, 4.69) is 10.3 Å². The van der Waals surface area contributed by atoms with Crippen molar-refractivity contribution in [2.45, 2.75) is 19.4 Å². The number of fused-ring (bicyclic) bond motifs is 1. The number of carbonyl (C=O) groups is 2. The molecule has 2 aromatic carbocycles. The fourth-order valence-electron chi connectivity index (χ4n) is 2.86. The summed E-state index contributed by atoms with van der Waals surface area (Å²) in [7, 11) is 0. The van der Waals surface area contributed by atoms with E-state index in [1.807, 2.05) is 31.2 Å². The summed E-state index contributed by atoms with van der Waals surface area (Å²) in [5, 5.41) is 22.9. The van der Waals surface area contributed by atoms with E-state index in [0.717, 1.165) is 11.1 Å². The molecular weight excluding hydrogens is 368 g/mol. The van der Waals surface area contributed by atoms with Crippen molar-refractivity contribution in [3.8, 4) is 0 Å². The Morgan fingerprint density at radius 1 is 1.15 bits per heavy atom. The quantitative estimate of drug-likeness (QED) is 0.594. The van der Waals surface area contributed by atoms with E-state index in [0.29, 0.717) is 15.9 Å². The number of pyridine rings is 1. The van der Waals surface area contributed by atoms with Crippen molar-refractivity contribution in [1.29, 1.82) is 0 Å². The van der Waals surface area contributed by atoms with Crippen LogP contribution in [0.2, 0.25) is 5.02 Å². The second-order valence-electron chi connectivity index (χ2n) is 6.26. The second kappa shape index (κ2) is 7.63. The minimum absolute atomic E-state index is 0.0115. The number of nitrogens with one attached hydrogen (secondary N) is 1. The monoisotopic (exact) mass is 384 g/mol. The molecule has 3 aromatic rings. The first kappa shape index (κ1) is 18.7. The summed E-state index contributed by atoms with van der Waals surface area (Å²) in [6.45, 7) is 1.92. The third-order valence-electron chi connectivity index (χ3n) is 4.14. The summed E-state index contributed by atoms with van der Waals surface area (Å²) in [5.41, 5.74) is 2.26. The number of benzene rings is 2. The van der Waals surface area contributed by atoms with Gasteiger partial charge in [-0.1, -0.05) is 41.4 Å². The Balaban J connectivity index is 1.98. The number of aromatic carboxylic acids is 1. The molecule has 0 spiro atoms. The molecule has 0 bridgehead atoms.